The van der Waals surface area contributed by atoms with E-state index in [4.69, 9.17) is 5.73 Å². The van der Waals surface area contributed by atoms with Gasteiger partial charge in [0.05, 0.1) is 17.6 Å². The van der Waals surface area contributed by atoms with E-state index in [2.05, 4.69) is 32.3 Å². The molecule has 5 heteroatoms. The Labute approximate surface area is 62.8 Å². The molecule has 1 rings (SSSR count). The van der Waals surface area contributed by atoms with Crippen molar-refractivity contribution in [2.45, 2.75) is 0 Å². The Morgan fingerprint density at radius 1 is 1.50 bits per heavy atom. The highest BCUT2D eigenvalue weighted by atomic mass is 32.1. The maximum Gasteiger partial charge on any atom is 0.220 e. The molecule has 0 spiro atoms. The predicted octanol–water partition coefficient (Wildman–Crippen LogP) is 0.793. The molecule has 1 aromatic rings. The highest BCUT2D eigenvalue weighted by Crippen LogP contribution is 2.05. The summed E-state index contributed by atoms with van der Waals surface area (Å²) < 4.78 is 0. The zero-order valence-corrected chi connectivity index (χ0v) is 5.80. The van der Waals surface area contributed by atoms with Crippen LogP contribution in [0.1, 0.15) is 0 Å². The fourth-order valence-corrected chi connectivity index (χ4v) is 0.547. The molecule has 0 fully saturated rings. The molecule has 10 heavy (non-hydrogen) atoms. The molecule has 0 bridgehead atoms. The Bertz CT molecular complexity index is 261. The molecule has 4 nitrogen and oxygen atoms in total. The maximum atomic E-state index is 5.21. The van der Waals surface area contributed by atoms with Crippen molar-refractivity contribution in [3.8, 4) is 0 Å². The molecule has 1 heterocycles. The van der Waals surface area contributed by atoms with Crippen LogP contribution >= 0.6 is 12.2 Å². The maximum absolute atomic E-state index is 5.21. The second-order valence-electron chi connectivity index (χ2n) is 1.50. The Morgan fingerprint density at radius 2 is 2.10 bits per heavy atom. The van der Waals surface area contributed by atoms with Gasteiger partial charge in [-0.3, -0.25) is 0 Å². The first-order valence-corrected chi connectivity index (χ1v) is 2.89. The molecule has 1 aromatic heterocycles. The van der Waals surface area contributed by atoms with Crippen molar-refractivity contribution in [3.05, 3.63) is 12.4 Å². The summed E-state index contributed by atoms with van der Waals surface area (Å²) in [5, 5.41) is 2.19. The summed E-state index contributed by atoms with van der Waals surface area (Å²) in [4.78, 5) is 11.0. The number of hydrogen-bond acceptors (Lipinski definition) is 5. The lowest BCUT2D eigenvalue weighted by Gasteiger charge is -1.88. The smallest absolute Gasteiger partial charge is 0.220 e. The van der Waals surface area contributed by atoms with Crippen LogP contribution in [-0.4, -0.2) is 15.1 Å². The number of nitrogen functional groups attached to an aromatic ring is 1. The zero-order valence-electron chi connectivity index (χ0n) is 4.98. The lowest BCUT2D eigenvalue weighted by Crippen LogP contribution is -1.91. The molecule has 0 atom stereocenters. The fourth-order valence-electron chi connectivity index (χ4n) is 0.442. The standard InChI is InChI=1S/C5H4N4S/c6-5-7-1-4(2-8-5)9-3-10/h1-2H,(H2,6,7,8). The second kappa shape index (κ2) is 3.00. The largest absolute Gasteiger partial charge is 0.368 e. The molecule has 0 amide bonds. The van der Waals surface area contributed by atoms with Crippen LogP contribution < -0.4 is 5.73 Å². The van der Waals surface area contributed by atoms with Gasteiger partial charge in [0, 0.05) is 0 Å². The second-order valence-corrected chi connectivity index (χ2v) is 1.69. The van der Waals surface area contributed by atoms with Crippen LogP contribution in [0.2, 0.25) is 0 Å². The summed E-state index contributed by atoms with van der Waals surface area (Å²) in [5.41, 5.74) is 5.77. The van der Waals surface area contributed by atoms with Crippen molar-refractivity contribution in [3.63, 3.8) is 0 Å². The van der Waals surface area contributed by atoms with E-state index in [-0.39, 0.29) is 5.95 Å². The molecular weight excluding hydrogens is 148 g/mol. The molecule has 50 valence electrons. The van der Waals surface area contributed by atoms with E-state index < -0.39 is 0 Å². The average molecular weight is 152 g/mol. The summed E-state index contributed by atoms with van der Waals surface area (Å²) in [6, 6.07) is 0. The Kier molecular flexibility index (Phi) is 2.04. The van der Waals surface area contributed by atoms with Crippen LogP contribution in [0.4, 0.5) is 11.6 Å². The third-order valence-electron chi connectivity index (χ3n) is 0.833. The molecule has 0 radical (unpaired) electrons. The topological polar surface area (TPSA) is 64.2 Å². The summed E-state index contributed by atoms with van der Waals surface area (Å²) in [6.07, 6.45) is 2.95. The van der Waals surface area contributed by atoms with Gasteiger partial charge in [0.2, 0.25) is 5.95 Å². The summed E-state index contributed by atoms with van der Waals surface area (Å²) in [7, 11) is 0. The minimum absolute atomic E-state index is 0.225. The summed E-state index contributed by atoms with van der Waals surface area (Å²) >= 11 is 4.36. The minimum atomic E-state index is 0.225. The van der Waals surface area contributed by atoms with Gasteiger partial charge in [-0.1, -0.05) is 0 Å². The number of isothiocyanates is 1. The van der Waals surface area contributed by atoms with Gasteiger partial charge in [0.15, 0.2) is 0 Å². The number of hydrogen-bond donors (Lipinski definition) is 1. The normalized spacial score (nSPS) is 8.40. The van der Waals surface area contributed by atoms with Gasteiger partial charge in [0.1, 0.15) is 5.69 Å². The van der Waals surface area contributed by atoms with Gasteiger partial charge in [-0.25, -0.2) is 9.97 Å². The van der Waals surface area contributed by atoms with E-state index in [1.165, 1.54) is 12.4 Å². The Hall–Kier alpha value is -1.32. The van der Waals surface area contributed by atoms with Crippen molar-refractivity contribution in [1.82, 2.24) is 9.97 Å². The predicted molar refractivity (Wildman–Crippen MR) is 41.1 cm³/mol. The minimum Gasteiger partial charge on any atom is -0.368 e. The van der Waals surface area contributed by atoms with E-state index in [1.807, 2.05) is 0 Å². The molecule has 0 aromatic carbocycles. The van der Waals surface area contributed by atoms with E-state index >= 15 is 0 Å². The van der Waals surface area contributed by atoms with Crippen LogP contribution in [0.25, 0.3) is 0 Å². The number of thiocarbonyl (C=S) groups is 1. The first kappa shape index (κ1) is 6.80. The zero-order chi connectivity index (χ0) is 7.40. The lowest BCUT2D eigenvalue weighted by molar-refractivity contribution is 1.18. The van der Waals surface area contributed by atoms with Crippen molar-refractivity contribution >= 4 is 29.0 Å². The quantitative estimate of drug-likeness (QED) is 0.477. The molecule has 0 aliphatic rings. The number of nitrogens with zero attached hydrogens (tertiary/aromatic N) is 3. The van der Waals surface area contributed by atoms with Crippen molar-refractivity contribution in [2.75, 3.05) is 5.73 Å². The van der Waals surface area contributed by atoms with Gasteiger partial charge in [-0.05, 0) is 12.2 Å². The highest BCUT2D eigenvalue weighted by molar-refractivity contribution is 7.78. The van der Waals surface area contributed by atoms with Gasteiger partial charge in [-0.15, -0.1) is 0 Å². The highest BCUT2D eigenvalue weighted by Gasteiger charge is 1.87. The van der Waals surface area contributed by atoms with Crippen LogP contribution in [0, 0.1) is 0 Å². The molecule has 0 unspecified atom stereocenters. The first-order chi connectivity index (χ1) is 4.83. The molecule has 2 N–H and O–H groups in total. The van der Waals surface area contributed by atoms with E-state index in [9.17, 15) is 0 Å². The molecule has 0 saturated carbocycles. The van der Waals surface area contributed by atoms with Crippen LogP contribution in [0.5, 0.6) is 0 Å². The van der Waals surface area contributed by atoms with Crippen LogP contribution in [-0.2, 0) is 0 Å². The van der Waals surface area contributed by atoms with Crippen molar-refractivity contribution in [1.29, 1.82) is 0 Å². The van der Waals surface area contributed by atoms with Gasteiger partial charge >= 0.3 is 0 Å². The number of rotatable bonds is 1. The van der Waals surface area contributed by atoms with Gasteiger partial charge < -0.3 is 5.73 Å². The van der Waals surface area contributed by atoms with Crippen molar-refractivity contribution in [2.24, 2.45) is 4.99 Å². The number of nitrogens with two attached hydrogens (primary N) is 1. The molecule has 0 aliphatic carbocycles. The molecule has 0 aliphatic heterocycles. The summed E-state index contributed by atoms with van der Waals surface area (Å²) in [6.45, 7) is 0. The third kappa shape index (κ3) is 1.58. The van der Waals surface area contributed by atoms with E-state index in [0.717, 1.165) is 0 Å². The van der Waals surface area contributed by atoms with Crippen LogP contribution in [0.3, 0.4) is 0 Å². The number of anilines is 1. The SMILES string of the molecule is Nc1ncc(N=C=S)cn1. The lowest BCUT2D eigenvalue weighted by atomic mass is 10.6. The first-order valence-electron chi connectivity index (χ1n) is 2.48. The van der Waals surface area contributed by atoms with Gasteiger partial charge in [0.25, 0.3) is 0 Å². The fraction of sp³-hybridized carbons (Fsp3) is 0. The summed E-state index contributed by atoms with van der Waals surface area (Å²) in [5.74, 6) is 0.225. The third-order valence-corrected chi connectivity index (χ3v) is 0.924. The van der Waals surface area contributed by atoms with E-state index in [0.29, 0.717) is 5.69 Å². The monoisotopic (exact) mass is 152 g/mol. The Balaban J connectivity index is 3.00. The molecular formula is C5H4N4S. The van der Waals surface area contributed by atoms with Gasteiger partial charge in [-0.2, -0.15) is 4.99 Å². The van der Waals surface area contributed by atoms with Crippen LogP contribution in [0.15, 0.2) is 17.4 Å². The average Bonchev–Trinajstić information content (AvgIpc) is 1.95. The number of aliphatic imine (C=N–C) groups is 1. The van der Waals surface area contributed by atoms with Crippen molar-refractivity contribution < 1.29 is 0 Å². The Morgan fingerprint density at radius 3 is 2.60 bits per heavy atom. The molecule has 0 saturated heterocycles. The number of aromatic nitrogens is 2. The van der Waals surface area contributed by atoms with E-state index in [1.54, 1.807) is 0 Å².